The molecule has 1 N–H and O–H groups in total. The summed E-state index contributed by atoms with van der Waals surface area (Å²) in [6.07, 6.45) is 1.11. The summed E-state index contributed by atoms with van der Waals surface area (Å²) in [4.78, 5) is 29.1. The fraction of sp³-hybridized carbons (Fsp3) is 0.227. The van der Waals surface area contributed by atoms with E-state index in [1.165, 1.54) is 23.8 Å². The summed E-state index contributed by atoms with van der Waals surface area (Å²) in [6, 6.07) is 11.5. The van der Waals surface area contributed by atoms with E-state index in [1.807, 2.05) is 17.5 Å². The first-order valence-corrected chi connectivity index (χ1v) is 10.2. The van der Waals surface area contributed by atoms with Crippen molar-refractivity contribution in [3.63, 3.8) is 0 Å². The van der Waals surface area contributed by atoms with Crippen LogP contribution in [0.25, 0.3) is 10.6 Å². The fourth-order valence-corrected chi connectivity index (χ4v) is 3.93. The summed E-state index contributed by atoms with van der Waals surface area (Å²) < 4.78 is 10.7. The van der Waals surface area contributed by atoms with Crippen LogP contribution in [0, 0.1) is 0 Å². The van der Waals surface area contributed by atoms with Crippen molar-refractivity contribution in [2.45, 2.75) is 26.7 Å². The normalized spacial score (nSPS) is 12.1. The van der Waals surface area contributed by atoms with Gasteiger partial charge in [0.15, 0.2) is 17.3 Å². The average molecular weight is 408 g/mol. The molecule has 0 radical (unpaired) electrons. The third kappa shape index (κ3) is 4.14. The lowest BCUT2D eigenvalue weighted by atomic mass is 10.1. The predicted octanol–water partition coefficient (Wildman–Crippen LogP) is 4.49. The number of aryl methyl sites for hydroxylation is 1. The molecule has 0 saturated heterocycles. The number of hydrogen-bond donors (Lipinski definition) is 1. The zero-order chi connectivity index (χ0) is 20.4. The lowest BCUT2D eigenvalue weighted by Gasteiger charge is -2.10. The van der Waals surface area contributed by atoms with Gasteiger partial charge in [0.05, 0.1) is 17.8 Å². The van der Waals surface area contributed by atoms with E-state index in [1.54, 1.807) is 12.1 Å². The standard InChI is InChI=1S/C22H20N2O4S/c1-3-14-4-6-15(7-5-14)22-23-16(11-29-22)8-21(26)24-18-10-20-19(27-12-28-20)9-17(18)13(2)25/h4-7,9-11H,3,8,12H2,1-2H3,(H,24,26). The number of ketones is 1. The maximum Gasteiger partial charge on any atom is 0.231 e. The van der Waals surface area contributed by atoms with Crippen molar-refractivity contribution < 1.29 is 19.1 Å². The molecule has 0 atom stereocenters. The van der Waals surface area contributed by atoms with E-state index >= 15 is 0 Å². The van der Waals surface area contributed by atoms with Crippen LogP contribution in [-0.2, 0) is 17.6 Å². The van der Waals surface area contributed by atoms with Crippen LogP contribution in [0.3, 0.4) is 0 Å². The van der Waals surface area contributed by atoms with E-state index in [2.05, 4.69) is 29.4 Å². The summed E-state index contributed by atoms with van der Waals surface area (Å²) >= 11 is 1.51. The minimum Gasteiger partial charge on any atom is -0.454 e. The molecule has 6 nitrogen and oxygen atoms in total. The second-order valence-electron chi connectivity index (χ2n) is 6.73. The van der Waals surface area contributed by atoms with Crippen LogP contribution < -0.4 is 14.8 Å². The van der Waals surface area contributed by atoms with Crippen LogP contribution in [0.1, 0.15) is 35.5 Å². The molecule has 0 unspecified atom stereocenters. The number of nitrogens with zero attached hydrogens (tertiary/aromatic N) is 1. The molecule has 0 saturated carbocycles. The summed E-state index contributed by atoms with van der Waals surface area (Å²) in [6.45, 7) is 3.67. The topological polar surface area (TPSA) is 77.5 Å². The summed E-state index contributed by atoms with van der Waals surface area (Å²) in [5, 5.41) is 5.56. The van der Waals surface area contributed by atoms with Crippen LogP contribution in [-0.4, -0.2) is 23.5 Å². The first kappa shape index (κ1) is 19.1. The number of thiazole rings is 1. The van der Waals surface area contributed by atoms with Crippen LogP contribution in [0.2, 0.25) is 0 Å². The Morgan fingerprint density at radius 2 is 1.86 bits per heavy atom. The molecule has 7 heteroatoms. The summed E-state index contributed by atoms with van der Waals surface area (Å²) in [5.74, 6) is 0.609. The van der Waals surface area contributed by atoms with Gasteiger partial charge in [-0.3, -0.25) is 9.59 Å². The Labute approximate surface area is 172 Å². The Morgan fingerprint density at radius 3 is 2.55 bits per heavy atom. The van der Waals surface area contributed by atoms with E-state index in [9.17, 15) is 9.59 Å². The fourth-order valence-electron chi connectivity index (χ4n) is 3.10. The highest BCUT2D eigenvalue weighted by atomic mass is 32.1. The number of rotatable bonds is 6. The molecule has 0 bridgehead atoms. The molecule has 148 valence electrons. The number of carbonyl (C=O) groups is 2. The maximum absolute atomic E-state index is 12.6. The van der Waals surface area contributed by atoms with Crippen molar-refractivity contribution in [1.82, 2.24) is 4.98 Å². The van der Waals surface area contributed by atoms with Gasteiger partial charge in [0, 0.05) is 22.6 Å². The van der Waals surface area contributed by atoms with Gasteiger partial charge in [0.1, 0.15) is 5.01 Å². The van der Waals surface area contributed by atoms with Crippen molar-refractivity contribution in [2.75, 3.05) is 12.1 Å². The molecule has 4 rings (SSSR count). The molecule has 1 aliphatic rings. The highest BCUT2D eigenvalue weighted by molar-refractivity contribution is 7.13. The number of aromatic nitrogens is 1. The molecular formula is C22H20N2O4S. The van der Waals surface area contributed by atoms with Crippen molar-refractivity contribution >= 4 is 28.7 Å². The van der Waals surface area contributed by atoms with Gasteiger partial charge in [-0.1, -0.05) is 31.2 Å². The Morgan fingerprint density at radius 1 is 1.14 bits per heavy atom. The molecule has 2 heterocycles. The average Bonchev–Trinajstić information content (AvgIpc) is 3.36. The zero-order valence-corrected chi connectivity index (χ0v) is 17.0. The van der Waals surface area contributed by atoms with E-state index in [-0.39, 0.29) is 24.9 Å². The van der Waals surface area contributed by atoms with Gasteiger partial charge in [-0.15, -0.1) is 11.3 Å². The van der Waals surface area contributed by atoms with Gasteiger partial charge >= 0.3 is 0 Å². The number of benzene rings is 2. The number of carbonyl (C=O) groups excluding carboxylic acids is 2. The van der Waals surface area contributed by atoms with Crippen LogP contribution in [0.15, 0.2) is 41.8 Å². The largest absolute Gasteiger partial charge is 0.454 e. The van der Waals surface area contributed by atoms with E-state index in [4.69, 9.17) is 9.47 Å². The summed E-state index contributed by atoms with van der Waals surface area (Å²) in [5.41, 5.74) is 3.80. The van der Waals surface area contributed by atoms with Gasteiger partial charge in [0.2, 0.25) is 12.7 Å². The minimum absolute atomic E-state index is 0.102. The number of hydrogen-bond acceptors (Lipinski definition) is 6. The van der Waals surface area contributed by atoms with E-state index < -0.39 is 0 Å². The zero-order valence-electron chi connectivity index (χ0n) is 16.2. The Bertz CT molecular complexity index is 1070. The molecule has 0 fully saturated rings. The SMILES string of the molecule is CCc1ccc(-c2nc(CC(=O)Nc3cc4c(cc3C(C)=O)OCO4)cs2)cc1. The van der Waals surface area contributed by atoms with Crippen molar-refractivity contribution in [3.8, 4) is 22.1 Å². The smallest absolute Gasteiger partial charge is 0.231 e. The predicted molar refractivity (Wildman–Crippen MR) is 112 cm³/mol. The number of ether oxygens (including phenoxy) is 2. The molecular weight excluding hydrogens is 388 g/mol. The van der Waals surface area contributed by atoms with Crippen molar-refractivity contribution in [3.05, 3.63) is 58.6 Å². The highest BCUT2D eigenvalue weighted by Gasteiger charge is 2.20. The Balaban J connectivity index is 1.48. The van der Waals surface area contributed by atoms with Crippen LogP contribution >= 0.6 is 11.3 Å². The molecule has 0 spiro atoms. The molecule has 1 aromatic heterocycles. The first-order chi connectivity index (χ1) is 14.0. The van der Waals surface area contributed by atoms with Crippen molar-refractivity contribution in [1.29, 1.82) is 0 Å². The summed E-state index contributed by atoms with van der Waals surface area (Å²) in [7, 11) is 0. The van der Waals surface area contributed by atoms with Gasteiger partial charge in [0.25, 0.3) is 0 Å². The number of nitrogens with one attached hydrogen (secondary N) is 1. The number of amides is 1. The Kier molecular flexibility index (Phi) is 5.31. The van der Waals surface area contributed by atoms with E-state index in [0.717, 1.165) is 17.0 Å². The molecule has 2 aromatic carbocycles. The molecule has 1 amide bonds. The second-order valence-corrected chi connectivity index (χ2v) is 7.58. The Hall–Kier alpha value is -3.19. The molecule has 0 aliphatic carbocycles. The van der Waals surface area contributed by atoms with Crippen LogP contribution in [0.4, 0.5) is 5.69 Å². The quantitative estimate of drug-likeness (QED) is 0.608. The van der Waals surface area contributed by atoms with Gasteiger partial charge in [-0.2, -0.15) is 0 Å². The second kappa shape index (κ2) is 8.05. The third-order valence-corrected chi connectivity index (χ3v) is 5.61. The van der Waals surface area contributed by atoms with Crippen molar-refractivity contribution in [2.24, 2.45) is 0 Å². The monoisotopic (exact) mass is 408 g/mol. The lowest BCUT2D eigenvalue weighted by molar-refractivity contribution is -0.115. The molecule has 1 aliphatic heterocycles. The lowest BCUT2D eigenvalue weighted by Crippen LogP contribution is -2.16. The molecule has 3 aromatic rings. The molecule has 29 heavy (non-hydrogen) atoms. The van der Waals surface area contributed by atoms with Crippen LogP contribution in [0.5, 0.6) is 11.5 Å². The number of anilines is 1. The number of fused-ring (bicyclic) bond motifs is 1. The van der Waals surface area contributed by atoms with Gasteiger partial charge in [-0.25, -0.2) is 4.98 Å². The van der Waals surface area contributed by atoms with Gasteiger partial charge < -0.3 is 14.8 Å². The minimum atomic E-state index is -0.246. The van der Waals surface area contributed by atoms with Gasteiger partial charge in [-0.05, 0) is 25.0 Å². The maximum atomic E-state index is 12.6. The number of Topliss-reactive ketones (excluding diaryl/α,β-unsaturated/α-hetero) is 1. The first-order valence-electron chi connectivity index (χ1n) is 9.31. The van der Waals surface area contributed by atoms with E-state index in [0.29, 0.717) is 28.4 Å². The third-order valence-electron chi connectivity index (χ3n) is 4.67. The highest BCUT2D eigenvalue weighted by Crippen LogP contribution is 2.37.